The molecule has 6 heteroatoms. The number of pyridine rings is 1. The lowest BCUT2D eigenvalue weighted by Crippen LogP contribution is -2.28. The van der Waals surface area contributed by atoms with E-state index in [4.69, 9.17) is 4.74 Å². The summed E-state index contributed by atoms with van der Waals surface area (Å²) in [6.45, 7) is 3.69. The molecule has 0 aliphatic carbocycles. The molecule has 1 aromatic heterocycles. The van der Waals surface area contributed by atoms with Crippen LogP contribution in [-0.4, -0.2) is 16.4 Å². The number of ether oxygens (including phenoxy) is 1. The van der Waals surface area contributed by atoms with E-state index < -0.39 is 18.0 Å². The third kappa shape index (κ3) is 4.86. The van der Waals surface area contributed by atoms with E-state index in [1.807, 2.05) is 50.2 Å². The van der Waals surface area contributed by atoms with Crippen LogP contribution in [0.3, 0.4) is 0 Å². The molecule has 0 bridgehead atoms. The Bertz CT molecular complexity index is 1630. The largest absolute Gasteiger partial charge is 0.446 e. The van der Waals surface area contributed by atoms with E-state index in [0.717, 1.165) is 11.1 Å². The number of benzene rings is 4. The Kier molecular flexibility index (Phi) is 6.56. The first-order valence-electron chi connectivity index (χ1n) is 12.0. The number of fused-ring (bicyclic) bond motifs is 2. The van der Waals surface area contributed by atoms with Crippen molar-refractivity contribution >= 4 is 39.4 Å². The maximum atomic E-state index is 13.4. The third-order valence-electron chi connectivity index (χ3n) is 6.41. The van der Waals surface area contributed by atoms with Crippen molar-refractivity contribution in [3.05, 3.63) is 124 Å². The number of esters is 1. The Labute approximate surface area is 214 Å². The number of nitrogens with zero attached hydrogens (tertiary/aromatic N) is 1. The predicted molar refractivity (Wildman–Crippen MR) is 146 cm³/mol. The van der Waals surface area contributed by atoms with E-state index in [-0.39, 0.29) is 12.0 Å². The molecular formula is C31H26N2O4. The van der Waals surface area contributed by atoms with Crippen molar-refractivity contribution in [3.8, 4) is 0 Å². The SMILES string of the molecule is Cc1ccc(C)c(NC(=O)C(OC(=O)Cn2c3ccccc3c(=O)c3ccccc32)c2ccccc2)c1. The van der Waals surface area contributed by atoms with Crippen molar-refractivity contribution < 1.29 is 14.3 Å². The van der Waals surface area contributed by atoms with Crippen LogP contribution in [0.2, 0.25) is 0 Å². The highest BCUT2D eigenvalue weighted by atomic mass is 16.5. The minimum Gasteiger partial charge on any atom is -0.446 e. The molecule has 6 nitrogen and oxygen atoms in total. The molecule has 5 rings (SSSR count). The number of hydrogen-bond donors (Lipinski definition) is 1. The number of aryl methyl sites for hydroxylation is 2. The van der Waals surface area contributed by atoms with Gasteiger partial charge in [0.05, 0.1) is 11.0 Å². The number of amides is 1. The van der Waals surface area contributed by atoms with Crippen molar-refractivity contribution in [2.24, 2.45) is 0 Å². The van der Waals surface area contributed by atoms with Gasteiger partial charge in [-0.05, 0) is 55.3 Å². The van der Waals surface area contributed by atoms with Gasteiger partial charge in [-0.3, -0.25) is 14.4 Å². The van der Waals surface area contributed by atoms with Gasteiger partial charge >= 0.3 is 5.97 Å². The van der Waals surface area contributed by atoms with E-state index in [0.29, 0.717) is 33.1 Å². The molecule has 0 saturated heterocycles. The summed E-state index contributed by atoms with van der Waals surface area (Å²) in [6.07, 6.45) is -1.15. The number of para-hydroxylation sites is 2. The van der Waals surface area contributed by atoms with Crippen LogP contribution in [-0.2, 0) is 20.9 Å². The maximum absolute atomic E-state index is 13.4. The molecule has 37 heavy (non-hydrogen) atoms. The molecule has 0 radical (unpaired) electrons. The Morgan fingerprint density at radius 3 is 2.05 bits per heavy atom. The molecule has 1 heterocycles. The monoisotopic (exact) mass is 490 g/mol. The summed E-state index contributed by atoms with van der Waals surface area (Å²) in [6, 6.07) is 29.1. The number of nitrogens with one attached hydrogen (secondary N) is 1. The van der Waals surface area contributed by atoms with Crippen molar-refractivity contribution in [1.82, 2.24) is 4.57 Å². The van der Waals surface area contributed by atoms with Crippen molar-refractivity contribution in [2.45, 2.75) is 26.5 Å². The summed E-state index contributed by atoms with van der Waals surface area (Å²) in [4.78, 5) is 39.8. The fourth-order valence-corrected chi connectivity index (χ4v) is 4.51. The topological polar surface area (TPSA) is 77.4 Å². The van der Waals surface area contributed by atoms with Crippen LogP contribution >= 0.6 is 0 Å². The molecule has 0 aliphatic rings. The number of aromatic nitrogens is 1. The van der Waals surface area contributed by atoms with Gasteiger partial charge in [-0.15, -0.1) is 0 Å². The average Bonchev–Trinajstić information content (AvgIpc) is 2.92. The zero-order valence-electron chi connectivity index (χ0n) is 20.6. The van der Waals surface area contributed by atoms with Gasteiger partial charge in [0.2, 0.25) is 6.10 Å². The molecule has 1 N–H and O–H groups in total. The van der Waals surface area contributed by atoms with Gasteiger partial charge < -0.3 is 14.6 Å². The minimum atomic E-state index is -1.15. The van der Waals surface area contributed by atoms with Gasteiger partial charge in [0.25, 0.3) is 5.91 Å². The molecular weight excluding hydrogens is 464 g/mol. The van der Waals surface area contributed by atoms with E-state index in [9.17, 15) is 14.4 Å². The lowest BCUT2D eigenvalue weighted by atomic mass is 10.1. The highest BCUT2D eigenvalue weighted by Gasteiger charge is 2.26. The summed E-state index contributed by atoms with van der Waals surface area (Å²) in [5, 5.41) is 3.95. The molecule has 0 aliphatic heterocycles. The zero-order valence-corrected chi connectivity index (χ0v) is 20.6. The quantitative estimate of drug-likeness (QED) is 0.245. The standard InChI is InChI=1S/C31H26N2O4/c1-20-16-17-21(2)25(18-20)32-31(36)30(22-10-4-3-5-11-22)37-28(34)19-33-26-14-8-6-12-23(26)29(35)24-13-7-9-15-27(24)33/h3-18,30H,19H2,1-2H3,(H,32,36). The molecule has 1 amide bonds. The third-order valence-corrected chi connectivity index (χ3v) is 6.41. The molecule has 4 aromatic carbocycles. The predicted octanol–water partition coefficient (Wildman–Crippen LogP) is 5.69. The number of carbonyl (C=O) groups is 2. The molecule has 5 aromatic rings. The Morgan fingerprint density at radius 2 is 1.41 bits per heavy atom. The summed E-state index contributed by atoms with van der Waals surface area (Å²) in [5.41, 5.74) is 4.30. The highest BCUT2D eigenvalue weighted by molar-refractivity contribution is 5.97. The number of rotatable bonds is 6. The first-order chi connectivity index (χ1) is 17.9. The van der Waals surface area contributed by atoms with Gasteiger partial charge in [0, 0.05) is 22.0 Å². The van der Waals surface area contributed by atoms with Gasteiger partial charge in [-0.1, -0.05) is 66.7 Å². The smallest absolute Gasteiger partial charge is 0.327 e. The van der Waals surface area contributed by atoms with Crippen LogP contribution < -0.4 is 10.7 Å². The maximum Gasteiger partial charge on any atom is 0.327 e. The Hall–Kier alpha value is -4.71. The normalized spacial score (nSPS) is 11.8. The van der Waals surface area contributed by atoms with Crippen LogP contribution in [0.5, 0.6) is 0 Å². The van der Waals surface area contributed by atoms with Gasteiger partial charge in [0.1, 0.15) is 6.54 Å². The summed E-state index contributed by atoms with van der Waals surface area (Å²) in [7, 11) is 0. The molecule has 0 saturated carbocycles. The Balaban J connectivity index is 1.49. The molecule has 0 fully saturated rings. The lowest BCUT2D eigenvalue weighted by Gasteiger charge is -2.20. The van der Waals surface area contributed by atoms with Crippen LogP contribution in [0, 0.1) is 13.8 Å². The van der Waals surface area contributed by atoms with Crippen LogP contribution in [0.1, 0.15) is 22.8 Å². The first kappa shape index (κ1) is 24.0. The van der Waals surface area contributed by atoms with Crippen molar-refractivity contribution in [2.75, 3.05) is 5.32 Å². The number of hydrogen-bond acceptors (Lipinski definition) is 4. The van der Waals surface area contributed by atoms with Gasteiger partial charge in [0.15, 0.2) is 5.43 Å². The fourth-order valence-electron chi connectivity index (χ4n) is 4.51. The molecule has 1 unspecified atom stereocenters. The summed E-state index contributed by atoms with van der Waals surface area (Å²) in [5.74, 6) is -1.04. The van der Waals surface area contributed by atoms with E-state index in [1.165, 1.54) is 0 Å². The molecule has 1 atom stereocenters. The van der Waals surface area contributed by atoms with E-state index in [2.05, 4.69) is 5.32 Å². The van der Waals surface area contributed by atoms with Crippen LogP contribution in [0.15, 0.2) is 102 Å². The highest BCUT2D eigenvalue weighted by Crippen LogP contribution is 2.24. The summed E-state index contributed by atoms with van der Waals surface area (Å²) >= 11 is 0. The fraction of sp³-hybridized carbons (Fsp3) is 0.129. The van der Waals surface area contributed by atoms with Gasteiger partial charge in [-0.2, -0.15) is 0 Å². The number of carbonyl (C=O) groups excluding carboxylic acids is 2. The molecule has 0 spiro atoms. The summed E-state index contributed by atoms with van der Waals surface area (Å²) < 4.78 is 7.59. The van der Waals surface area contributed by atoms with E-state index in [1.54, 1.807) is 65.2 Å². The van der Waals surface area contributed by atoms with Crippen molar-refractivity contribution in [1.29, 1.82) is 0 Å². The average molecular weight is 491 g/mol. The van der Waals surface area contributed by atoms with Gasteiger partial charge in [-0.25, -0.2) is 0 Å². The first-order valence-corrected chi connectivity index (χ1v) is 12.0. The second-order valence-corrected chi connectivity index (χ2v) is 9.04. The van der Waals surface area contributed by atoms with Crippen LogP contribution in [0.25, 0.3) is 21.8 Å². The van der Waals surface area contributed by atoms with Crippen LogP contribution in [0.4, 0.5) is 5.69 Å². The van der Waals surface area contributed by atoms with E-state index >= 15 is 0 Å². The zero-order chi connectivity index (χ0) is 25.9. The second kappa shape index (κ2) is 10.1. The number of anilines is 1. The lowest BCUT2D eigenvalue weighted by molar-refractivity contribution is -0.155. The Morgan fingerprint density at radius 1 is 0.811 bits per heavy atom. The molecule has 184 valence electrons. The minimum absolute atomic E-state index is 0.0918. The second-order valence-electron chi connectivity index (χ2n) is 9.04. The van der Waals surface area contributed by atoms with Crippen molar-refractivity contribution in [3.63, 3.8) is 0 Å².